The molecule has 0 amide bonds. The zero-order valence-electron chi connectivity index (χ0n) is 13.2. The number of phenols is 1. The van der Waals surface area contributed by atoms with E-state index < -0.39 is 18.6 Å². The molecule has 0 aromatic heterocycles. The monoisotopic (exact) mass is 332 g/mol. The van der Waals surface area contributed by atoms with Crippen molar-refractivity contribution < 1.29 is 28.5 Å². The van der Waals surface area contributed by atoms with Gasteiger partial charge in [-0.25, -0.2) is 8.78 Å². The number of hydrogen-bond acceptors (Lipinski definition) is 6. The Hall–Kier alpha value is -1.64. The van der Waals surface area contributed by atoms with E-state index in [1.165, 1.54) is 31.3 Å². The molecule has 1 fully saturated rings. The van der Waals surface area contributed by atoms with Gasteiger partial charge in [-0.05, 0) is 0 Å². The van der Waals surface area contributed by atoms with Crippen molar-refractivity contribution in [3.63, 3.8) is 0 Å². The molecule has 0 radical (unpaired) electrons. The average molecular weight is 332 g/mol. The van der Waals surface area contributed by atoms with Gasteiger partial charge in [-0.15, -0.1) is 0 Å². The SMILES string of the molecule is COc1cc(O)c([C@H](N2CCNCC2)C(F)(F)CO)c(OC)c1. The number of methoxy groups -OCH3 is 2. The third-order valence-electron chi connectivity index (χ3n) is 3.95. The minimum Gasteiger partial charge on any atom is -0.507 e. The summed E-state index contributed by atoms with van der Waals surface area (Å²) in [6, 6.07) is 1.22. The van der Waals surface area contributed by atoms with Gasteiger partial charge >= 0.3 is 0 Å². The molecule has 1 saturated heterocycles. The van der Waals surface area contributed by atoms with Gasteiger partial charge in [0.15, 0.2) is 0 Å². The molecule has 1 aliphatic heterocycles. The van der Waals surface area contributed by atoms with E-state index in [1.54, 1.807) is 0 Å². The van der Waals surface area contributed by atoms with Crippen molar-refractivity contribution in [1.29, 1.82) is 0 Å². The van der Waals surface area contributed by atoms with Crippen LogP contribution in [0, 0.1) is 0 Å². The first-order chi connectivity index (χ1) is 10.9. The smallest absolute Gasteiger partial charge is 0.290 e. The fourth-order valence-electron chi connectivity index (χ4n) is 2.84. The van der Waals surface area contributed by atoms with E-state index in [0.29, 0.717) is 31.9 Å². The Kier molecular flexibility index (Phi) is 5.61. The van der Waals surface area contributed by atoms with E-state index in [-0.39, 0.29) is 17.1 Å². The molecule has 2 rings (SSSR count). The topological polar surface area (TPSA) is 74.2 Å². The number of aliphatic hydroxyl groups is 1. The summed E-state index contributed by atoms with van der Waals surface area (Å²) in [6.45, 7) is 0.522. The number of benzene rings is 1. The molecule has 23 heavy (non-hydrogen) atoms. The van der Waals surface area contributed by atoms with E-state index in [9.17, 15) is 19.0 Å². The van der Waals surface area contributed by atoms with Gasteiger partial charge in [0, 0.05) is 38.3 Å². The Morgan fingerprint density at radius 1 is 1.26 bits per heavy atom. The Balaban J connectivity index is 2.54. The summed E-state index contributed by atoms with van der Waals surface area (Å²) in [7, 11) is 2.74. The second kappa shape index (κ2) is 7.29. The predicted molar refractivity (Wildman–Crippen MR) is 80.4 cm³/mol. The van der Waals surface area contributed by atoms with Gasteiger partial charge in [-0.1, -0.05) is 0 Å². The lowest BCUT2D eigenvalue weighted by molar-refractivity contribution is -0.119. The van der Waals surface area contributed by atoms with Crippen LogP contribution in [0.5, 0.6) is 17.2 Å². The van der Waals surface area contributed by atoms with E-state index in [1.807, 2.05) is 0 Å². The number of nitrogens with zero attached hydrogens (tertiary/aromatic N) is 1. The maximum atomic E-state index is 14.5. The summed E-state index contributed by atoms with van der Waals surface area (Å²) in [5.74, 6) is -3.39. The molecule has 3 N–H and O–H groups in total. The van der Waals surface area contributed by atoms with Crippen LogP contribution in [0.25, 0.3) is 0 Å². The number of phenolic OH excluding ortho intramolecular Hbond substituents is 1. The molecule has 0 saturated carbocycles. The molecule has 0 bridgehead atoms. The van der Waals surface area contributed by atoms with Crippen molar-refractivity contribution in [2.45, 2.75) is 12.0 Å². The molecular weight excluding hydrogens is 310 g/mol. The summed E-state index contributed by atoms with van der Waals surface area (Å²) in [4.78, 5) is 1.54. The second-order valence-electron chi connectivity index (χ2n) is 5.37. The van der Waals surface area contributed by atoms with Crippen LogP contribution < -0.4 is 14.8 Å². The van der Waals surface area contributed by atoms with Gasteiger partial charge in [-0.3, -0.25) is 4.90 Å². The summed E-state index contributed by atoms with van der Waals surface area (Å²) in [5, 5.41) is 22.5. The van der Waals surface area contributed by atoms with Crippen LogP contribution in [0.1, 0.15) is 11.6 Å². The van der Waals surface area contributed by atoms with E-state index in [2.05, 4.69) is 5.32 Å². The third-order valence-corrected chi connectivity index (χ3v) is 3.95. The van der Waals surface area contributed by atoms with Gasteiger partial charge in [0.1, 0.15) is 29.9 Å². The van der Waals surface area contributed by atoms with Crippen LogP contribution in [-0.4, -0.2) is 68.0 Å². The van der Waals surface area contributed by atoms with E-state index in [0.717, 1.165) is 0 Å². The van der Waals surface area contributed by atoms with Gasteiger partial charge < -0.3 is 25.0 Å². The number of aliphatic hydroxyl groups excluding tert-OH is 1. The van der Waals surface area contributed by atoms with Crippen molar-refractivity contribution in [2.75, 3.05) is 47.0 Å². The van der Waals surface area contributed by atoms with Gasteiger partial charge in [0.25, 0.3) is 5.92 Å². The third kappa shape index (κ3) is 3.65. The maximum absolute atomic E-state index is 14.5. The highest BCUT2D eigenvalue weighted by atomic mass is 19.3. The number of hydrogen-bond donors (Lipinski definition) is 3. The first-order valence-electron chi connectivity index (χ1n) is 7.33. The summed E-state index contributed by atoms with van der Waals surface area (Å²) in [6.07, 6.45) is 0. The fraction of sp³-hybridized carbons (Fsp3) is 0.600. The van der Waals surface area contributed by atoms with Crippen LogP contribution in [0.4, 0.5) is 8.78 Å². The molecule has 1 heterocycles. The van der Waals surface area contributed by atoms with Gasteiger partial charge in [0.2, 0.25) is 0 Å². The van der Waals surface area contributed by atoms with Crippen molar-refractivity contribution >= 4 is 0 Å². The number of piperazine rings is 1. The fourth-order valence-corrected chi connectivity index (χ4v) is 2.84. The molecule has 0 unspecified atom stereocenters. The lowest BCUT2D eigenvalue weighted by atomic mass is 9.96. The van der Waals surface area contributed by atoms with Crippen LogP contribution >= 0.6 is 0 Å². The summed E-state index contributed by atoms with van der Waals surface area (Å²) < 4.78 is 39.1. The van der Waals surface area contributed by atoms with Crippen molar-refractivity contribution in [1.82, 2.24) is 10.2 Å². The molecule has 130 valence electrons. The first-order valence-corrected chi connectivity index (χ1v) is 7.33. The lowest BCUT2D eigenvalue weighted by Gasteiger charge is -2.39. The molecule has 0 aliphatic carbocycles. The Morgan fingerprint density at radius 3 is 2.43 bits per heavy atom. The number of aromatic hydroxyl groups is 1. The number of alkyl halides is 2. The minimum absolute atomic E-state index is 0.0470. The number of ether oxygens (including phenoxy) is 2. The van der Waals surface area contributed by atoms with Crippen molar-refractivity contribution in [3.05, 3.63) is 17.7 Å². The Morgan fingerprint density at radius 2 is 1.91 bits per heavy atom. The van der Waals surface area contributed by atoms with Crippen LogP contribution in [0.3, 0.4) is 0 Å². The normalized spacial score (nSPS) is 17.8. The highest BCUT2D eigenvalue weighted by Crippen LogP contribution is 2.46. The van der Waals surface area contributed by atoms with Crippen molar-refractivity contribution in [2.24, 2.45) is 0 Å². The van der Waals surface area contributed by atoms with Crippen LogP contribution in [0.2, 0.25) is 0 Å². The molecule has 6 nitrogen and oxygen atoms in total. The lowest BCUT2D eigenvalue weighted by Crippen LogP contribution is -2.51. The molecular formula is C15H22F2N2O4. The largest absolute Gasteiger partial charge is 0.507 e. The predicted octanol–water partition coefficient (Wildman–Crippen LogP) is 0.983. The maximum Gasteiger partial charge on any atom is 0.290 e. The van der Waals surface area contributed by atoms with Crippen LogP contribution in [0.15, 0.2) is 12.1 Å². The number of rotatable bonds is 6. The van der Waals surface area contributed by atoms with Crippen molar-refractivity contribution in [3.8, 4) is 17.2 Å². The van der Waals surface area contributed by atoms with Crippen LogP contribution in [-0.2, 0) is 0 Å². The molecule has 1 atom stereocenters. The standard InChI is InChI=1S/C15H22F2N2O4/c1-22-10-7-11(21)13(12(8-10)23-2)14(15(16,17)9-20)19-5-3-18-4-6-19/h7-8,14,18,20-21H,3-6,9H2,1-2H3/t14-/m0/s1. The Labute approximate surface area is 133 Å². The van der Waals surface area contributed by atoms with Gasteiger partial charge in [-0.2, -0.15) is 0 Å². The summed E-state index contributed by atoms with van der Waals surface area (Å²) >= 11 is 0. The highest BCUT2D eigenvalue weighted by Gasteiger charge is 2.46. The first kappa shape index (κ1) is 17.7. The molecule has 0 spiro atoms. The summed E-state index contributed by atoms with van der Waals surface area (Å²) in [5.41, 5.74) is -0.0470. The van der Waals surface area contributed by atoms with E-state index in [4.69, 9.17) is 9.47 Å². The molecule has 1 aromatic rings. The van der Waals surface area contributed by atoms with E-state index >= 15 is 0 Å². The highest BCUT2D eigenvalue weighted by molar-refractivity contribution is 5.52. The zero-order chi connectivity index (χ0) is 17.0. The zero-order valence-corrected chi connectivity index (χ0v) is 13.2. The number of halogens is 2. The average Bonchev–Trinajstić information content (AvgIpc) is 2.57. The second-order valence-corrected chi connectivity index (χ2v) is 5.37. The Bertz CT molecular complexity index is 536. The van der Waals surface area contributed by atoms with Gasteiger partial charge in [0.05, 0.1) is 19.8 Å². The molecule has 8 heteroatoms. The quantitative estimate of drug-likeness (QED) is 0.721. The molecule has 1 aliphatic rings. The molecule has 1 aromatic carbocycles. The number of nitrogens with one attached hydrogen (secondary N) is 1. The minimum atomic E-state index is -3.43.